The van der Waals surface area contributed by atoms with E-state index in [0.29, 0.717) is 5.75 Å². The Balaban J connectivity index is 2.72. The Labute approximate surface area is 76.8 Å². The third-order valence-corrected chi connectivity index (χ3v) is 2.15. The maximum atomic E-state index is 9.51. The highest BCUT2D eigenvalue weighted by atomic mass is 16.3. The minimum atomic E-state index is 0.333. The lowest BCUT2D eigenvalue weighted by Gasteiger charge is -2.03. The molecule has 2 rings (SSSR count). The molecule has 0 unspecified atom stereocenters. The summed E-state index contributed by atoms with van der Waals surface area (Å²) in [6.07, 6.45) is 0. The van der Waals surface area contributed by atoms with E-state index < -0.39 is 0 Å². The average molecular weight is 173 g/mol. The van der Waals surface area contributed by atoms with E-state index in [0.717, 1.165) is 16.5 Å². The van der Waals surface area contributed by atoms with E-state index in [9.17, 15) is 5.11 Å². The average Bonchev–Trinajstić information content (AvgIpc) is 2.18. The van der Waals surface area contributed by atoms with Crippen molar-refractivity contribution in [3.8, 4) is 5.75 Å². The lowest BCUT2D eigenvalue weighted by atomic mass is 10.1. The molecule has 2 aromatic rings. The van der Waals surface area contributed by atoms with Gasteiger partial charge in [0.05, 0.1) is 0 Å². The third kappa shape index (κ3) is 1.31. The van der Waals surface area contributed by atoms with Crippen LogP contribution < -0.4 is 5.32 Å². The summed E-state index contributed by atoms with van der Waals surface area (Å²) in [6, 6.07) is 11.4. The highest BCUT2D eigenvalue weighted by Crippen LogP contribution is 2.26. The van der Waals surface area contributed by atoms with Crippen LogP contribution in [0.4, 0.5) is 5.69 Å². The van der Waals surface area contributed by atoms with Crippen LogP contribution >= 0.6 is 0 Å². The minimum Gasteiger partial charge on any atom is -0.507 e. The van der Waals surface area contributed by atoms with Crippen LogP contribution in [0.1, 0.15) is 0 Å². The Hall–Kier alpha value is -1.70. The van der Waals surface area contributed by atoms with E-state index in [1.807, 2.05) is 37.4 Å². The van der Waals surface area contributed by atoms with E-state index in [4.69, 9.17) is 0 Å². The van der Waals surface area contributed by atoms with Crippen molar-refractivity contribution in [2.45, 2.75) is 0 Å². The van der Waals surface area contributed by atoms with Gasteiger partial charge in [-0.05, 0) is 29.7 Å². The van der Waals surface area contributed by atoms with Crippen LogP contribution in [0.3, 0.4) is 0 Å². The number of nitrogens with one attached hydrogen (secondary N) is 1. The number of hydrogen-bond acceptors (Lipinski definition) is 2. The maximum absolute atomic E-state index is 9.51. The van der Waals surface area contributed by atoms with Crippen LogP contribution in [-0.2, 0) is 0 Å². The number of hydrogen-bond donors (Lipinski definition) is 2. The van der Waals surface area contributed by atoms with Crippen LogP contribution in [-0.4, -0.2) is 12.2 Å². The van der Waals surface area contributed by atoms with Crippen molar-refractivity contribution in [1.82, 2.24) is 0 Å². The number of phenolic OH excluding ortho intramolecular Hbond substituents is 1. The number of phenols is 1. The van der Waals surface area contributed by atoms with Crippen LogP contribution in [0, 0.1) is 0 Å². The fourth-order valence-corrected chi connectivity index (χ4v) is 1.42. The summed E-state index contributed by atoms with van der Waals surface area (Å²) in [7, 11) is 1.88. The van der Waals surface area contributed by atoms with Crippen molar-refractivity contribution in [3.05, 3.63) is 36.4 Å². The van der Waals surface area contributed by atoms with Gasteiger partial charge in [-0.15, -0.1) is 0 Å². The first-order chi connectivity index (χ1) is 6.31. The monoisotopic (exact) mass is 173 g/mol. The van der Waals surface area contributed by atoms with E-state index in [2.05, 4.69) is 5.32 Å². The zero-order valence-electron chi connectivity index (χ0n) is 7.41. The van der Waals surface area contributed by atoms with E-state index in [-0.39, 0.29) is 0 Å². The molecule has 2 nitrogen and oxygen atoms in total. The summed E-state index contributed by atoms with van der Waals surface area (Å²) in [5.74, 6) is 0.333. The molecule has 0 radical (unpaired) electrons. The van der Waals surface area contributed by atoms with Crippen molar-refractivity contribution in [2.24, 2.45) is 0 Å². The Morgan fingerprint density at radius 2 is 2.00 bits per heavy atom. The Morgan fingerprint density at radius 3 is 2.77 bits per heavy atom. The second kappa shape index (κ2) is 2.98. The molecule has 0 spiro atoms. The predicted molar refractivity (Wildman–Crippen MR) is 55.2 cm³/mol. The molecule has 66 valence electrons. The molecule has 0 saturated heterocycles. The van der Waals surface area contributed by atoms with Gasteiger partial charge in [-0.2, -0.15) is 0 Å². The second-order valence-electron chi connectivity index (χ2n) is 2.96. The molecular formula is C11H11NO. The summed E-state index contributed by atoms with van der Waals surface area (Å²) >= 11 is 0. The summed E-state index contributed by atoms with van der Waals surface area (Å²) in [5.41, 5.74) is 1.05. The van der Waals surface area contributed by atoms with Crippen LogP contribution in [0.25, 0.3) is 10.8 Å². The number of aromatic hydroxyl groups is 1. The molecule has 0 heterocycles. The number of rotatable bonds is 1. The normalized spacial score (nSPS) is 10.2. The molecule has 2 N–H and O–H groups in total. The Kier molecular flexibility index (Phi) is 1.81. The summed E-state index contributed by atoms with van der Waals surface area (Å²) in [4.78, 5) is 0. The standard InChI is InChI=1S/C11H11NO/c1-12-9-5-6-10-8(7-9)3-2-4-11(10)13/h2-7,12-13H,1H3. The Bertz CT molecular complexity index is 437. The highest BCUT2D eigenvalue weighted by molar-refractivity contribution is 5.90. The SMILES string of the molecule is CNc1ccc2c(O)cccc2c1. The molecule has 0 bridgehead atoms. The second-order valence-corrected chi connectivity index (χ2v) is 2.96. The van der Waals surface area contributed by atoms with Gasteiger partial charge in [-0.1, -0.05) is 12.1 Å². The topological polar surface area (TPSA) is 32.3 Å². The van der Waals surface area contributed by atoms with Gasteiger partial charge < -0.3 is 10.4 Å². The molecule has 0 aliphatic heterocycles. The van der Waals surface area contributed by atoms with Crippen molar-refractivity contribution >= 4 is 16.5 Å². The summed E-state index contributed by atoms with van der Waals surface area (Å²) in [5, 5.41) is 14.5. The van der Waals surface area contributed by atoms with Gasteiger partial charge >= 0.3 is 0 Å². The zero-order valence-corrected chi connectivity index (χ0v) is 7.41. The van der Waals surface area contributed by atoms with Gasteiger partial charge in [0.25, 0.3) is 0 Å². The molecule has 0 amide bonds. The van der Waals surface area contributed by atoms with Crippen molar-refractivity contribution in [3.63, 3.8) is 0 Å². The lowest BCUT2D eigenvalue weighted by molar-refractivity contribution is 0.481. The minimum absolute atomic E-state index is 0.333. The molecule has 13 heavy (non-hydrogen) atoms. The van der Waals surface area contributed by atoms with Crippen molar-refractivity contribution in [2.75, 3.05) is 12.4 Å². The fourth-order valence-electron chi connectivity index (χ4n) is 1.42. The first-order valence-corrected chi connectivity index (χ1v) is 4.21. The molecule has 0 aliphatic carbocycles. The molecule has 0 saturated carbocycles. The molecule has 2 heteroatoms. The Morgan fingerprint density at radius 1 is 1.15 bits per heavy atom. The van der Waals surface area contributed by atoms with Gasteiger partial charge in [-0.25, -0.2) is 0 Å². The first-order valence-electron chi connectivity index (χ1n) is 4.21. The highest BCUT2D eigenvalue weighted by Gasteiger charge is 1.98. The van der Waals surface area contributed by atoms with E-state index >= 15 is 0 Å². The lowest BCUT2D eigenvalue weighted by Crippen LogP contribution is -1.86. The summed E-state index contributed by atoms with van der Waals surface area (Å²) < 4.78 is 0. The number of fused-ring (bicyclic) bond motifs is 1. The zero-order chi connectivity index (χ0) is 9.26. The number of anilines is 1. The van der Waals surface area contributed by atoms with E-state index in [1.54, 1.807) is 6.07 Å². The van der Waals surface area contributed by atoms with Gasteiger partial charge in [0, 0.05) is 18.1 Å². The molecule has 2 aromatic carbocycles. The molecule has 0 atom stereocenters. The van der Waals surface area contributed by atoms with Crippen LogP contribution in [0.5, 0.6) is 5.75 Å². The first kappa shape index (κ1) is 7.92. The van der Waals surface area contributed by atoms with Crippen LogP contribution in [0.2, 0.25) is 0 Å². The van der Waals surface area contributed by atoms with Crippen LogP contribution in [0.15, 0.2) is 36.4 Å². The van der Waals surface area contributed by atoms with Gasteiger partial charge in [0.1, 0.15) is 5.75 Å². The molecular weight excluding hydrogens is 162 g/mol. The predicted octanol–water partition coefficient (Wildman–Crippen LogP) is 2.59. The molecule has 0 aromatic heterocycles. The van der Waals surface area contributed by atoms with E-state index in [1.165, 1.54) is 0 Å². The smallest absolute Gasteiger partial charge is 0.123 e. The van der Waals surface area contributed by atoms with Crippen molar-refractivity contribution < 1.29 is 5.11 Å². The quantitative estimate of drug-likeness (QED) is 0.694. The van der Waals surface area contributed by atoms with Crippen molar-refractivity contribution in [1.29, 1.82) is 0 Å². The van der Waals surface area contributed by atoms with Gasteiger partial charge in [0.2, 0.25) is 0 Å². The molecule has 0 aliphatic rings. The maximum Gasteiger partial charge on any atom is 0.123 e. The number of benzene rings is 2. The fraction of sp³-hybridized carbons (Fsp3) is 0.0909. The largest absolute Gasteiger partial charge is 0.507 e. The van der Waals surface area contributed by atoms with Gasteiger partial charge in [-0.3, -0.25) is 0 Å². The third-order valence-electron chi connectivity index (χ3n) is 2.15. The molecule has 0 fully saturated rings. The van der Waals surface area contributed by atoms with Gasteiger partial charge in [0.15, 0.2) is 0 Å². The summed E-state index contributed by atoms with van der Waals surface area (Å²) in [6.45, 7) is 0.